The molecule has 0 bridgehead atoms. The van der Waals surface area contributed by atoms with Gasteiger partial charge in [-0.25, -0.2) is 0 Å². The molecule has 0 aliphatic heterocycles. The highest BCUT2D eigenvalue weighted by Gasteiger charge is 2.15. The molecule has 1 aromatic heterocycles. The largest absolute Gasteiger partial charge is 0.396 e. The van der Waals surface area contributed by atoms with E-state index in [0.29, 0.717) is 24.4 Å². The summed E-state index contributed by atoms with van der Waals surface area (Å²) in [6.45, 7) is 4.10. The van der Waals surface area contributed by atoms with Crippen LogP contribution in [-0.4, -0.2) is 47.2 Å². The smallest absolute Gasteiger partial charge is 0.242 e. The number of aromatic nitrogens is 2. The Morgan fingerprint density at radius 3 is 2.74 bits per heavy atom. The van der Waals surface area contributed by atoms with Crippen LogP contribution in [0.1, 0.15) is 17.8 Å². The number of ether oxygens (including phenoxy) is 1. The van der Waals surface area contributed by atoms with Crippen LogP contribution in [-0.2, 0) is 16.1 Å². The third-order valence-electron chi connectivity index (χ3n) is 2.94. The molecule has 1 unspecified atom stereocenters. The number of nitrogens with one attached hydrogen (secondary N) is 1. The van der Waals surface area contributed by atoms with Crippen molar-refractivity contribution >= 4 is 11.6 Å². The average Bonchev–Trinajstić information content (AvgIpc) is 2.57. The SMILES string of the molecule is COCC(CCO)NC(=O)Cn1nc(C)c(N)c1C. The second-order valence-electron chi connectivity index (χ2n) is 4.47. The highest BCUT2D eigenvalue weighted by molar-refractivity contribution is 5.76. The number of anilines is 1. The molecule has 0 aliphatic carbocycles. The molecule has 1 amide bonds. The van der Waals surface area contributed by atoms with Gasteiger partial charge in [0.2, 0.25) is 5.91 Å². The fraction of sp³-hybridized carbons (Fsp3) is 0.667. The predicted molar refractivity (Wildman–Crippen MR) is 71.6 cm³/mol. The summed E-state index contributed by atoms with van der Waals surface area (Å²) in [4.78, 5) is 11.9. The zero-order chi connectivity index (χ0) is 14.4. The van der Waals surface area contributed by atoms with Crippen molar-refractivity contribution in [3.8, 4) is 0 Å². The standard InChI is InChI=1S/C12H22N4O3/c1-8-12(13)9(2)16(15-8)6-11(18)14-10(4-5-17)7-19-3/h10,17H,4-7,13H2,1-3H3,(H,14,18). The number of rotatable bonds is 7. The van der Waals surface area contributed by atoms with Gasteiger partial charge in [-0.15, -0.1) is 0 Å². The Morgan fingerprint density at radius 1 is 1.58 bits per heavy atom. The summed E-state index contributed by atoms with van der Waals surface area (Å²) >= 11 is 0. The predicted octanol–water partition coefficient (Wildman–Crippen LogP) is -0.404. The summed E-state index contributed by atoms with van der Waals surface area (Å²) in [7, 11) is 1.55. The van der Waals surface area contributed by atoms with Gasteiger partial charge in [0.25, 0.3) is 0 Å². The lowest BCUT2D eigenvalue weighted by Gasteiger charge is -2.17. The van der Waals surface area contributed by atoms with E-state index in [0.717, 1.165) is 5.69 Å². The summed E-state index contributed by atoms with van der Waals surface area (Å²) in [5, 5.41) is 15.9. The fourth-order valence-corrected chi connectivity index (χ4v) is 1.83. The van der Waals surface area contributed by atoms with Crippen LogP contribution in [0.3, 0.4) is 0 Å². The Balaban J connectivity index is 2.60. The quantitative estimate of drug-likeness (QED) is 0.625. The molecular weight excluding hydrogens is 248 g/mol. The number of nitrogen functional groups attached to an aromatic ring is 1. The van der Waals surface area contributed by atoms with Crippen LogP contribution in [0.2, 0.25) is 0 Å². The van der Waals surface area contributed by atoms with E-state index >= 15 is 0 Å². The highest BCUT2D eigenvalue weighted by atomic mass is 16.5. The molecule has 1 atom stereocenters. The highest BCUT2D eigenvalue weighted by Crippen LogP contribution is 2.14. The Kier molecular flexibility index (Phi) is 5.78. The number of hydrogen-bond donors (Lipinski definition) is 3. The van der Waals surface area contributed by atoms with Crippen molar-refractivity contribution in [2.75, 3.05) is 26.1 Å². The number of methoxy groups -OCH3 is 1. The van der Waals surface area contributed by atoms with Crippen molar-refractivity contribution in [2.24, 2.45) is 0 Å². The number of hydrogen-bond acceptors (Lipinski definition) is 5. The summed E-state index contributed by atoms with van der Waals surface area (Å²) in [6, 6.07) is -0.197. The zero-order valence-electron chi connectivity index (χ0n) is 11.6. The first-order valence-corrected chi connectivity index (χ1v) is 6.18. The van der Waals surface area contributed by atoms with Crippen molar-refractivity contribution in [1.82, 2.24) is 15.1 Å². The lowest BCUT2D eigenvalue weighted by atomic mass is 10.2. The molecule has 0 spiro atoms. The molecule has 0 saturated heterocycles. The van der Waals surface area contributed by atoms with E-state index in [4.69, 9.17) is 15.6 Å². The molecule has 0 fully saturated rings. The summed E-state index contributed by atoms with van der Waals surface area (Å²) in [5.74, 6) is -0.180. The normalized spacial score (nSPS) is 12.4. The monoisotopic (exact) mass is 270 g/mol. The molecule has 108 valence electrons. The molecule has 1 rings (SSSR count). The van der Waals surface area contributed by atoms with Gasteiger partial charge in [-0.3, -0.25) is 9.48 Å². The van der Waals surface area contributed by atoms with E-state index in [9.17, 15) is 4.79 Å². The molecule has 7 heteroatoms. The summed E-state index contributed by atoms with van der Waals surface area (Å²) < 4.78 is 6.56. The first kappa shape index (κ1) is 15.5. The van der Waals surface area contributed by atoms with Crippen LogP contribution in [0, 0.1) is 13.8 Å². The van der Waals surface area contributed by atoms with Gasteiger partial charge in [-0.1, -0.05) is 0 Å². The molecular formula is C12H22N4O3. The number of carbonyl (C=O) groups excluding carboxylic acids is 1. The maximum atomic E-state index is 11.9. The molecule has 4 N–H and O–H groups in total. The molecule has 0 aromatic carbocycles. The van der Waals surface area contributed by atoms with Gasteiger partial charge in [0.1, 0.15) is 6.54 Å². The molecule has 7 nitrogen and oxygen atoms in total. The van der Waals surface area contributed by atoms with E-state index in [-0.39, 0.29) is 25.1 Å². The van der Waals surface area contributed by atoms with Crippen molar-refractivity contribution < 1.29 is 14.6 Å². The first-order chi connectivity index (χ1) is 8.99. The topological polar surface area (TPSA) is 102 Å². The number of aliphatic hydroxyl groups is 1. The number of nitrogens with zero attached hydrogens (tertiary/aromatic N) is 2. The van der Waals surface area contributed by atoms with Gasteiger partial charge in [-0.05, 0) is 20.3 Å². The van der Waals surface area contributed by atoms with Crippen molar-refractivity contribution in [1.29, 1.82) is 0 Å². The Labute approximate surface area is 112 Å². The van der Waals surface area contributed by atoms with Crippen molar-refractivity contribution in [3.05, 3.63) is 11.4 Å². The van der Waals surface area contributed by atoms with Gasteiger partial charge >= 0.3 is 0 Å². The third-order valence-corrected chi connectivity index (χ3v) is 2.94. The molecule has 19 heavy (non-hydrogen) atoms. The van der Waals surface area contributed by atoms with Crippen molar-refractivity contribution in [3.63, 3.8) is 0 Å². The van der Waals surface area contributed by atoms with E-state index in [2.05, 4.69) is 10.4 Å². The zero-order valence-corrected chi connectivity index (χ0v) is 11.6. The van der Waals surface area contributed by atoms with E-state index in [1.807, 2.05) is 6.92 Å². The lowest BCUT2D eigenvalue weighted by Crippen LogP contribution is -2.40. The van der Waals surface area contributed by atoms with Crippen LogP contribution < -0.4 is 11.1 Å². The molecule has 1 heterocycles. The number of aryl methyl sites for hydroxylation is 1. The second kappa shape index (κ2) is 7.10. The van der Waals surface area contributed by atoms with Gasteiger partial charge in [-0.2, -0.15) is 5.10 Å². The van der Waals surface area contributed by atoms with Crippen LogP contribution in [0.25, 0.3) is 0 Å². The van der Waals surface area contributed by atoms with Gasteiger partial charge in [0.05, 0.1) is 29.7 Å². The summed E-state index contributed by atoms with van der Waals surface area (Å²) in [6.07, 6.45) is 0.457. The molecule has 0 radical (unpaired) electrons. The Bertz CT molecular complexity index is 425. The molecule has 1 aromatic rings. The maximum Gasteiger partial charge on any atom is 0.242 e. The van der Waals surface area contributed by atoms with E-state index < -0.39 is 0 Å². The second-order valence-corrected chi connectivity index (χ2v) is 4.47. The Hall–Kier alpha value is -1.60. The summed E-state index contributed by atoms with van der Waals surface area (Å²) in [5.41, 5.74) is 7.91. The lowest BCUT2D eigenvalue weighted by molar-refractivity contribution is -0.123. The van der Waals surface area contributed by atoms with Crippen LogP contribution in [0.4, 0.5) is 5.69 Å². The van der Waals surface area contributed by atoms with Gasteiger partial charge < -0.3 is 20.9 Å². The number of aliphatic hydroxyl groups excluding tert-OH is 1. The number of carbonyl (C=O) groups is 1. The third kappa shape index (κ3) is 4.22. The minimum atomic E-state index is -0.197. The number of amides is 1. The van der Waals surface area contributed by atoms with Crippen LogP contribution in [0.15, 0.2) is 0 Å². The van der Waals surface area contributed by atoms with Crippen molar-refractivity contribution in [2.45, 2.75) is 32.9 Å². The average molecular weight is 270 g/mol. The minimum absolute atomic E-state index is 0.00115. The van der Waals surface area contributed by atoms with Crippen LogP contribution in [0.5, 0.6) is 0 Å². The Morgan fingerprint density at radius 2 is 2.26 bits per heavy atom. The maximum absolute atomic E-state index is 11.9. The van der Waals surface area contributed by atoms with E-state index in [1.165, 1.54) is 0 Å². The fourth-order valence-electron chi connectivity index (χ4n) is 1.83. The van der Waals surface area contributed by atoms with E-state index in [1.54, 1.807) is 18.7 Å². The molecule has 0 saturated carbocycles. The number of nitrogens with two attached hydrogens (primary N) is 1. The molecule has 0 aliphatic rings. The van der Waals surface area contributed by atoms with Gasteiger partial charge in [0, 0.05) is 13.7 Å². The minimum Gasteiger partial charge on any atom is -0.396 e. The van der Waals surface area contributed by atoms with Gasteiger partial charge in [0.15, 0.2) is 0 Å². The van der Waals surface area contributed by atoms with Crippen LogP contribution >= 0.6 is 0 Å². The first-order valence-electron chi connectivity index (χ1n) is 6.18.